The summed E-state index contributed by atoms with van der Waals surface area (Å²) in [7, 11) is -10.5. The summed E-state index contributed by atoms with van der Waals surface area (Å²) in [6.45, 7) is -0.930. The molecule has 0 aliphatic carbocycles. The van der Waals surface area contributed by atoms with Crippen molar-refractivity contribution in [3.8, 4) is 0 Å². The van der Waals surface area contributed by atoms with E-state index in [9.17, 15) is 9.67 Å². The molecule has 0 spiro atoms. The molecule has 0 saturated carbocycles. The maximum Gasteiger partial charge on any atom is 1.00 e. The Morgan fingerprint density at radius 1 is 0.875 bits per heavy atom. The summed E-state index contributed by atoms with van der Waals surface area (Å²) in [5.41, 5.74) is 0. The number of rotatable bonds is 7. The molecule has 14 nitrogen and oxygen atoms in total. The number of hydrogen-bond acceptors (Lipinski definition) is 12. The average Bonchev–Trinajstić information content (AvgIpc) is 2.30. The molecule has 0 aromatic rings. The zero-order chi connectivity index (χ0) is 18.3. The summed E-state index contributed by atoms with van der Waals surface area (Å²) in [5.74, 6) is 0. The first-order valence-corrected chi connectivity index (χ1v) is 8.07. The van der Waals surface area contributed by atoms with E-state index in [1.165, 1.54) is 0 Å². The van der Waals surface area contributed by atoms with Crippen LogP contribution < -0.4 is 73.8 Å². The van der Waals surface area contributed by atoms with Crippen molar-refractivity contribution in [1.29, 1.82) is 0 Å². The van der Waals surface area contributed by atoms with Crippen molar-refractivity contribution in [1.82, 2.24) is 0 Å². The number of aliphatic hydroxyl groups is 6. The first kappa shape index (κ1) is 33.6. The number of hydrogen-bond donors (Lipinski definition) is 8. The van der Waals surface area contributed by atoms with Crippen LogP contribution in [0.25, 0.3) is 0 Å². The Morgan fingerprint density at radius 2 is 1.21 bits per heavy atom. The van der Waals surface area contributed by atoms with Crippen molar-refractivity contribution in [3.05, 3.63) is 0 Å². The summed E-state index contributed by atoms with van der Waals surface area (Å²) >= 11 is 0. The molecule has 18 heteroatoms. The Balaban J connectivity index is -0.000000147. The van der Waals surface area contributed by atoms with E-state index in [-0.39, 0.29) is 60.5 Å². The van der Waals surface area contributed by atoms with Crippen molar-refractivity contribution in [2.45, 2.75) is 30.7 Å². The quantitative estimate of drug-likeness (QED) is 0.108. The maximum absolute atomic E-state index is 10.3. The van der Waals surface area contributed by atoms with E-state index in [0.717, 1.165) is 0 Å². The molecule has 24 heavy (non-hydrogen) atoms. The molecule has 0 aliphatic heterocycles. The van der Waals surface area contributed by atoms with Crippen LogP contribution in [0.5, 0.6) is 0 Å². The molecular formula is C6H16Na2O14P2. The van der Waals surface area contributed by atoms with Gasteiger partial charge in [0.1, 0.15) is 24.4 Å². The van der Waals surface area contributed by atoms with Gasteiger partial charge in [0.15, 0.2) is 6.29 Å². The number of phosphoric acid groups is 2. The molecule has 0 aromatic heterocycles. The normalized spacial score (nSPS) is 17.8. The fourth-order valence-corrected chi connectivity index (χ4v) is 1.32. The van der Waals surface area contributed by atoms with E-state index in [2.05, 4.69) is 4.52 Å². The van der Waals surface area contributed by atoms with Gasteiger partial charge in [-0.05, 0) is 0 Å². The predicted molar refractivity (Wildman–Crippen MR) is 59.0 cm³/mol. The second-order valence-corrected chi connectivity index (χ2v) is 5.74. The third kappa shape index (κ3) is 20.3. The standard InChI is InChI=1S/C6H15O10P.2Na.H3O4P/c7-1-2(8)3(9)4(10)5(11)6(12)16-17(13,14)15;;;1-5(2,3)4/h2-12H,1H2,(H2,13,14,15);;;(H3,1,2,3,4)/q;2*+1;/p-2/t2-,3-,4+,5+,6?;;;/m1.../s1. The van der Waals surface area contributed by atoms with E-state index in [0.29, 0.717) is 0 Å². The van der Waals surface area contributed by atoms with Gasteiger partial charge in [-0.3, -0.25) is 4.52 Å². The molecule has 5 atom stereocenters. The van der Waals surface area contributed by atoms with Crippen LogP contribution in [0.1, 0.15) is 1.43 Å². The molecule has 0 fully saturated rings. The Kier molecular flexibility index (Phi) is 20.9. The second-order valence-electron chi connectivity index (χ2n) is 3.66. The van der Waals surface area contributed by atoms with Crippen molar-refractivity contribution < 1.29 is 129 Å². The van der Waals surface area contributed by atoms with Crippen LogP contribution >= 0.6 is 15.6 Å². The second kappa shape index (κ2) is 15.0. The van der Waals surface area contributed by atoms with Gasteiger partial charge < -0.3 is 59.7 Å². The van der Waals surface area contributed by atoms with Gasteiger partial charge in [0.25, 0.3) is 0 Å². The summed E-state index contributed by atoms with van der Waals surface area (Å²) in [5, 5.41) is 53.8. The van der Waals surface area contributed by atoms with Gasteiger partial charge in [0, 0.05) is 0 Å². The first-order valence-electron chi connectivity index (χ1n) is 5.08. The van der Waals surface area contributed by atoms with Crippen LogP contribution in [0.3, 0.4) is 0 Å². The van der Waals surface area contributed by atoms with Gasteiger partial charge in [-0.2, -0.15) is 7.82 Å². The largest absolute Gasteiger partial charge is 1.00 e. The maximum atomic E-state index is 10.3. The molecule has 8 N–H and O–H groups in total. The fraction of sp³-hybridized carbons (Fsp3) is 1.00. The van der Waals surface area contributed by atoms with E-state index in [4.69, 9.17) is 54.6 Å². The van der Waals surface area contributed by atoms with Crippen LogP contribution in [0.2, 0.25) is 0 Å². The molecule has 0 saturated heterocycles. The Bertz CT molecular complexity index is 397. The van der Waals surface area contributed by atoms with E-state index in [1.54, 1.807) is 0 Å². The molecule has 136 valence electrons. The van der Waals surface area contributed by atoms with Gasteiger partial charge >= 0.3 is 68.4 Å². The zero-order valence-corrected chi connectivity index (χ0v) is 18.3. The number of aliphatic hydroxyl groups excluding tert-OH is 6. The van der Waals surface area contributed by atoms with Gasteiger partial charge in [0.2, 0.25) is 0 Å². The van der Waals surface area contributed by atoms with Gasteiger partial charge in [-0.25, -0.2) is 4.57 Å². The number of phosphoric ester groups is 1. The van der Waals surface area contributed by atoms with Gasteiger partial charge in [-0.15, -0.1) is 0 Å². The minimum Gasteiger partial charge on any atom is -0.822 e. The summed E-state index contributed by atoms with van der Waals surface area (Å²) < 4.78 is 22.5. The smallest absolute Gasteiger partial charge is 0.822 e. The molecule has 0 aromatic carbocycles. The minimum absolute atomic E-state index is 0. The third-order valence-corrected chi connectivity index (χ3v) is 2.31. The molecular weight excluding hydrogens is 404 g/mol. The molecule has 1 unspecified atom stereocenters. The molecule has 0 aliphatic rings. The summed E-state index contributed by atoms with van der Waals surface area (Å²) in [4.78, 5) is 42.2. The van der Waals surface area contributed by atoms with Crippen molar-refractivity contribution >= 4 is 15.6 Å². The third-order valence-electron chi connectivity index (χ3n) is 1.82. The summed E-state index contributed by atoms with van der Waals surface area (Å²) in [6, 6.07) is 0. The zero-order valence-electron chi connectivity index (χ0n) is 13.5. The van der Waals surface area contributed by atoms with E-state index in [1.807, 2.05) is 0 Å². The Morgan fingerprint density at radius 3 is 1.46 bits per heavy atom. The Hall–Kier alpha value is 1.98. The van der Waals surface area contributed by atoms with Gasteiger partial charge in [-0.1, -0.05) is 0 Å². The first-order chi connectivity index (χ1) is 9.60. The van der Waals surface area contributed by atoms with Crippen molar-refractivity contribution in [2.24, 2.45) is 0 Å². The van der Waals surface area contributed by atoms with E-state index < -0.39 is 53.0 Å². The molecule has 0 heterocycles. The topological polar surface area (TPSA) is 274 Å². The fourth-order valence-electron chi connectivity index (χ4n) is 0.909. The van der Waals surface area contributed by atoms with Crippen molar-refractivity contribution in [3.63, 3.8) is 0 Å². The monoisotopic (exact) mass is 420 g/mol. The molecule has 0 radical (unpaired) electrons. The molecule has 0 amide bonds. The minimum atomic E-state index is -5.39. The molecule has 0 bridgehead atoms. The van der Waals surface area contributed by atoms with E-state index >= 15 is 0 Å². The van der Waals surface area contributed by atoms with Crippen LogP contribution in [0.4, 0.5) is 0 Å². The average molecular weight is 420 g/mol. The van der Waals surface area contributed by atoms with Crippen molar-refractivity contribution in [2.75, 3.05) is 6.61 Å². The molecule has 0 rings (SSSR count). The Labute approximate surface area is 181 Å². The van der Waals surface area contributed by atoms with Crippen LogP contribution in [-0.4, -0.2) is 77.7 Å². The van der Waals surface area contributed by atoms with Gasteiger partial charge in [0.05, 0.1) is 6.61 Å². The van der Waals surface area contributed by atoms with Crippen LogP contribution in [0.15, 0.2) is 0 Å². The summed E-state index contributed by atoms with van der Waals surface area (Å²) in [6.07, 6.45) is -10.8. The SMILES string of the molecule is O=P(O)(O)OC(O)[C@@H](O)[C@@H](O)[C@H](O)[C@H](O)CO.O=P([O-])([O-])[O-].[H+].[Na+].[Na+]. The predicted octanol–water partition coefficient (Wildman–Crippen LogP) is -12.9. The van der Waals surface area contributed by atoms with Crippen LogP contribution in [-0.2, 0) is 13.7 Å². The van der Waals surface area contributed by atoms with Crippen LogP contribution in [0, 0.1) is 0 Å².